The summed E-state index contributed by atoms with van der Waals surface area (Å²) in [5, 5.41) is 11.5. The molecule has 1 amide bonds. The number of rotatable bonds is 7. The van der Waals surface area contributed by atoms with Crippen LogP contribution in [0.2, 0.25) is 5.02 Å². The SMILES string of the molecule is CC(Sc1nnc(C(C)N(C)C)n1-c1ccc(Cl)cc1)C(=O)Nc1cc(F)ccc1F. The van der Waals surface area contributed by atoms with Crippen LogP contribution in [0.15, 0.2) is 47.6 Å². The third kappa shape index (κ3) is 5.41. The molecule has 0 spiro atoms. The van der Waals surface area contributed by atoms with Crippen LogP contribution in [0.5, 0.6) is 0 Å². The summed E-state index contributed by atoms with van der Waals surface area (Å²) < 4.78 is 29.1. The molecule has 0 fully saturated rings. The summed E-state index contributed by atoms with van der Waals surface area (Å²) in [6.07, 6.45) is 0. The quantitative estimate of drug-likeness (QED) is 0.501. The summed E-state index contributed by atoms with van der Waals surface area (Å²) in [5.74, 6) is -1.14. The van der Waals surface area contributed by atoms with Crippen molar-refractivity contribution in [3.05, 3.63) is 64.9 Å². The molecule has 1 aromatic heterocycles. The minimum Gasteiger partial charge on any atom is -0.323 e. The van der Waals surface area contributed by atoms with Crippen LogP contribution in [0.4, 0.5) is 14.5 Å². The highest BCUT2D eigenvalue weighted by molar-refractivity contribution is 8.00. The number of nitrogens with one attached hydrogen (secondary N) is 1. The van der Waals surface area contributed by atoms with E-state index in [2.05, 4.69) is 15.5 Å². The van der Waals surface area contributed by atoms with Crippen LogP contribution in [-0.4, -0.2) is 44.9 Å². The maximum atomic E-state index is 13.9. The van der Waals surface area contributed by atoms with Gasteiger partial charge in [-0.1, -0.05) is 23.4 Å². The summed E-state index contributed by atoms with van der Waals surface area (Å²) in [6.45, 7) is 3.65. The van der Waals surface area contributed by atoms with Gasteiger partial charge in [-0.3, -0.25) is 14.3 Å². The Bertz CT molecular complexity index is 1070. The monoisotopic (exact) mass is 465 g/mol. The smallest absolute Gasteiger partial charge is 0.237 e. The van der Waals surface area contributed by atoms with Crippen molar-refractivity contribution in [2.75, 3.05) is 19.4 Å². The molecular weight excluding hydrogens is 444 g/mol. The molecule has 1 N–H and O–H groups in total. The van der Waals surface area contributed by atoms with Gasteiger partial charge in [-0.2, -0.15) is 0 Å². The molecule has 0 aliphatic heterocycles. The highest BCUT2D eigenvalue weighted by atomic mass is 35.5. The fourth-order valence-electron chi connectivity index (χ4n) is 2.73. The van der Waals surface area contributed by atoms with E-state index < -0.39 is 22.8 Å². The van der Waals surface area contributed by atoms with Gasteiger partial charge in [0.1, 0.15) is 11.6 Å². The number of halogens is 3. The van der Waals surface area contributed by atoms with E-state index in [1.165, 1.54) is 11.8 Å². The summed E-state index contributed by atoms with van der Waals surface area (Å²) in [6, 6.07) is 10.1. The Labute approximate surface area is 188 Å². The van der Waals surface area contributed by atoms with E-state index in [9.17, 15) is 13.6 Å². The van der Waals surface area contributed by atoms with Crippen molar-refractivity contribution < 1.29 is 13.6 Å². The average molecular weight is 466 g/mol. The van der Waals surface area contributed by atoms with E-state index in [0.29, 0.717) is 16.0 Å². The lowest BCUT2D eigenvalue weighted by molar-refractivity contribution is -0.115. The van der Waals surface area contributed by atoms with Crippen LogP contribution < -0.4 is 5.32 Å². The third-order valence-electron chi connectivity index (χ3n) is 4.73. The van der Waals surface area contributed by atoms with E-state index >= 15 is 0 Å². The van der Waals surface area contributed by atoms with Crippen LogP contribution >= 0.6 is 23.4 Å². The Morgan fingerprint density at radius 2 is 1.81 bits per heavy atom. The normalized spacial score (nSPS) is 13.3. The van der Waals surface area contributed by atoms with Crippen LogP contribution in [0.3, 0.4) is 0 Å². The van der Waals surface area contributed by atoms with Crippen LogP contribution in [0, 0.1) is 11.6 Å². The lowest BCUT2D eigenvalue weighted by Gasteiger charge is -2.21. The molecule has 1 heterocycles. The highest BCUT2D eigenvalue weighted by Crippen LogP contribution is 2.30. The number of hydrogen-bond donors (Lipinski definition) is 1. The van der Waals surface area contributed by atoms with Gasteiger partial charge < -0.3 is 5.32 Å². The van der Waals surface area contributed by atoms with Crippen molar-refractivity contribution >= 4 is 35.0 Å². The van der Waals surface area contributed by atoms with E-state index in [0.717, 1.165) is 23.9 Å². The summed E-state index contributed by atoms with van der Waals surface area (Å²) >= 11 is 7.19. The van der Waals surface area contributed by atoms with Crippen LogP contribution in [0.25, 0.3) is 5.69 Å². The van der Waals surface area contributed by atoms with E-state index in [-0.39, 0.29) is 11.7 Å². The lowest BCUT2D eigenvalue weighted by atomic mass is 10.2. The number of thioether (sulfide) groups is 1. The van der Waals surface area contributed by atoms with E-state index in [4.69, 9.17) is 11.6 Å². The topological polar surface area (TPSA) is 63.1 Å². The molecule has 2 unspecified atom stereocenters. The molecule has 0 saturated heterocycles. The molecule has 2 atom stereocenters. The Morgan fingerprint density at radius 3 is 2.45 bits per heavy atom. The van der Waals surface area contributed by atoms with Crippen LogP contribution in [0.1, 0.15) is 25.7 Å². The molecule has 0 saturated carbocycles. The van der Waals surface area contributed by atoms with Crippen molar-refractivity contribution in [3.63, 3.8) is 0 Å². The number of benzene rings is 2. The second kappa shape index (κ2) is 9.76. The van der Waals surface area contributed by atoms with Crippen LogP contribution in [-0.2, 0) is 4.79 Å². The molecule has 3 rings (SSSR count). The summed E-state index contributed by atoms with van der Waals surface area (Å²) in [7, 11) is 3.87. The Hall–Kier alpha value is -2.49. The summed E-state index contributed by atoms with van der Waals surface area (Å²) in [5.41, 5.74) is 0.586. The molecule has 6 nitrogen and oxygen atoms in total. The molecule has 0 aliphatic rings. The second-order valence-corrected chi connectivity index (χ2v) is 8.91. The average Bonchev–Trinajstić information content (AvgIpc) is 3.13. The van der Waals surface area contributed by atoms with Gasteiger partial charge in [0, 0.05) is 16.8 Å². The van der Waals surface area contributed by atoms with Gasteiger partial charge in [0.2, 0.25) is 5.91 Å². The molecular formula is C21H22ClF2N5OS. The van der Waals surface area contributed by atoms with Crippen molar-refractivity contribution in [1.29, 1.82) is 0 Å². The molecule has 3 aromatic rings. The number of anilines is 1. The Balaban J connectivity index is 1.88. The molecule has 0 radical (unpaired) electrons. The number of hydrogen-bond acceptors (Lipinski definition) is 5. The fourth-order valence-corrected chi connectivity index (χ4v) is 3.73. The standard InChI is InChI=1S/C21H22ClF2N5OS/c1-12(28(3)4)19-26-27-21(29(19)16-8-5-14(22)6-9-16)31-13(2)20(30)25-18-11-15(23)7-10-17(18)24/h5-13H,1-4H3,(H,25,30). The van der Waals surface area contributed by atoms with Crippen molar-refractivity contribution in [1.82, 2.24) is 19.7 Å². The Kier molecular flexibility index (Phi) is 7.30. The summed E-state index contributed by atoms with van der Waals surface area (Å²) in [4.78, 5) is 14.6. The van der Waals surface area contributed by atoms with Gasteiger partial charge in [0.15, 0.2) is 11.0 Å². The maximum Gasteiger partial charge on any atom is 0.237 e. The molecule has 10 heteroatoms. The number of carbonyl (C=O) groups is 1. The minimum absolute atomic E-state index is 0.0527. The predicted molar refractivity (Wildman–Crippen MR) is 119 cm³/mol. The maximum absolute atomic E-state index is 13.9. The first-order valence-electron chi connectivity index (χ1n) is 9.47. The molecule has 0 aliphatic carbocycles. The van der Waals surface area contributed by atoms with E-state index in [1.807, 2.05) is 42.6 Å². The zero-order valence-electron chi connectivity index (χ0n) is 17.4. The van der Waals surface area contributed by atoms with Gasteiger partial charge in [0.05, 0.1) is 17.0 Å². The van der Waals surface area contributed by atoms with Crippen molar-refractivity contribution in [3.8, 4) is 5.69 Å². The Morgan fingerprint density at radius 1 is 1.13 bits per heavy atom. The number of nitrogens with zero attached hydrogens (tertiary/aromatic N) is 4. The van der Waals surface area contributed by atoms with Gasteiger partial charge in [-0.15, -0.1) is 10.2 Å². The van der Waals surface area contributed by atoms with Crippen molar-refractivity contribution in [2.24, 2.45) is 0 Å². The third-order valence-corrected chi connectivity index (χ3v) is 6.02. The minimum atomic E-state index is -0.710. The molecule has 2 aromatic carbocycles. The highest BCUT2D eigenvalue weighted by Gasteiger charge is 2.25. The van der Waals surface area contributed by atoms with Gasteiger partial charge in [-0.05, 0) is 64.3 Å². The number of carbonyl (C=O) groups excluding carboxylic acids is 1. The first-order chi connectivity index (χ1) is 14.7. The number of amides is 1. The largest absolute Gasteiger partial charge is 0.323 e. The zero-order valence-corrected chi connectivity index (χ0v) is 19.0. The molecule has 0 bridgehead atoms. The second-order valence-electron chi connectivity index (χ2n) is 7.17. The fraction of sp³-hybridized carbons (Fsp3) is 0.286. The number of aromatic nitrogens is 3. The first kappa shape index (κ1) is 23.2. The molecule has 31 heavy (non-hydrogen) atoms. The predicted octanol–water partition coefficient (Wildman–Crippen LogP) is 4.94. The first-order valence-corrected chi connectivity index (χ1v) is 10.7. The van der Waals surface area contributed by atoms with E-state index in [1.54, 1.807) is 19.1 Å². The zero-order chi connectivity index (χ0) is 22.7. The lowest BCUT2D eigenvalue weighted by Crippen LogP contribution is -2.24. The van der Waals surface area contributed by atoms with Crippen molar-refractivity contribution in [2.45, 2.75) is 30.3 Å². The van der Waals surface area contributed by atoms with Gasteiger partial charge >= 0.3 is 0 Å². The molecule has 164 valence electrons. The van der Waals surface area contributed by atoms with Gasteiger partial charge in [0.25, 0.3) is 0 Å². The van der Waals surface area contributed by atoms with Gasteiger partial charge in [-0.25, -0.2) is 8.78 Å².